The second-order valence-electron chi connectivity index (χ2n) is 4.67. The van der Waals surface area contributed by atoms with Gasteiger partial charge in [0.2, 0.25) is 0 Å². The summed E-state index contributed by atoms with van der Waals surface area (Å²) in [5, 5.41) is 1.27. The Balaban J connectivity index is 2.28. The summed E-state index contributed by atoms with van der Waals surface area (Å²) in [6.45, 7) is 1.89. The third-order valence-electron chi connectivity index (χ3n) is 3.34. The fourth-order valence-electron chi connectivity index (χ4n) is 2.37. The Morgan fingerprint density at radius 2 is 2.09 bits per heavy atom. The SMILES string of the molecule is CCOC(=O)Oc1c[nH]c2c(=O)[nH]c3cc(OC)c(I)cc3c12. The van der Waals surface area contributed by atoms with Gasteiger partial charge in [-0.1, -0.05) is 0 Å². The van der Waals surface area contributed by atoms with Crippen molar-refractivity contribution in [3.63, 3.8) is 0 Å². The first-order valence-electron chi connectivity index (χ1n) is 6.80. The van der Waals surface area contributed by atoms with E-state index in [9.17, 15) is 9.59 Å². The number of methoxy groups -OCH3 is 1. The average molecular weight is 428 g/mol. The van der Waals surface area contributed by atoms with Crippen molar-refractivity contribution in [2.24, 2.45) is 0 Å². The smallest absolute Gasteiger partial charge is 0.496 e. The molecule has 0 amide bonds. The molecule has 8 heteroatoms. The van der Waals surface area contributed by atoms with E-state index in [0.717, 1.165) is 8.96 Å². The zero-order valence-electron chi connectivity index (χ0n) is 12.4. The minimum Gasteiger partial charge on any atom is -0.496 e. The lowest BCUT2D eigenvalue weighted by atomic mass is 10.1. The van der Waals surface area contributed by atoms with Gasteiger partial charge in [0, 0.05) is 17.6 Å². The number of aromatic nitrogens is 2. The van der Waals surface area contributed by atoms with E-state index in [4.69, 9.17) is 14.2 Å². The van der Waals surface area contributed by atoms with Crippen LogP contribution < -0.4 is 15.0 Å². The molecule has 0 saturated heterocycles. The van der Waals surface area contributed by atoms with E-state index >= 15 is 0 Å². The number of hydrogen-bond acceptors (Lipinski definition) is 5. The van der Waals surface area contributed by atoms with Crippen LogP contribution in [0.2, 0.25) is 0 Å². The Morgan fingerprint density at radius 3 is 2.78 bits per heavy atom. The van der Waals surface area contributed by atoms with Crippen LogP contribution in [0.25, 0.3) is 21.8 Å². The molecule has 1 aromatic carbocycles. The fraction of sp³-hybridized carbons (Fsp3) is 0.200. The van der Waals surface area contributed by atoms with E-state index in [1.807, 2.05) is 6.07 Å². The number of H-pyrrole nitrogens is 2. The molecule has 2 heterocycles. The van der Waals surface area contributed by atoms with Crippen molar-refractivity contribution in [3.8, 4) is 11.5 Å². The lowest BCUT2D eigenvalue weighted by Gasteiger charge is -2.08. The molecule has 0 aliphatic rings. The number of ether oxygens (including phenoxy) is 3. The van der Waals surface area contributed by atoms with Crippen LogP contribution in [0.15, 0.2) is 23.1 Å². The maximum Gasteiger partial charge on any atom is 0.513 e. The summed E-state index contributed by atoms with van der Waals surface area (Å²) in [6.07, 6.45) is 0.651. The molecular formula is C15H13IN2O5. The number of aromatic amines is 2. The molecule has 120 valence electrons. The summed E-state index contributed by atoms with van der Waals surface area (Å²) in [7, 11) is 1.56. The molecule has 2 N–H and O–H groups in total. The van der Waals surface area contributed by atoms with E-state index in [1.165, 1.54) is 6.20 Å². The molecule has 0 aliphatic carbocycles. The van der Waals surface area contributed by atoms with Gasteiger partial charge >= 0.3 is 6.16 Å². The summed E-state index contributed by atoms with van der Waals surface area (Å²) in [4.78, 5) is 29.4. The van der Waals surface area contributed by atoms with E-state index in [0.29, 0.717) is 22.2 Å². The first-order chi connectivity index (χ1) is 11.0. The second-order valence-corrected chi connectivity index (χ2v) is 5.84. The Bertz CT molecular complexity index is 960. The summed E-state index contributed by atoms with van der Waals surface area (Å²) >= 11 is 2.14. The highest BCUT2D eigenvalue weighted by atomic mass is 127. The van der Waals surface area contributed by atoms with Crippen LogP contribution in [0.4, 0.5) is 4.79 Å². The van der Waals surface area contributed by atoms with Crippen LogP contribution in [0, 0.1) is 3.57 Å². The van der Waals surface area contributed by atoms with Gasteiger partial charge in [0.1, 0.15) is 11.3 Å². The zero-order chi connectivity index (χ0) is 16.6. The van der Waals surface area contributed by atoms with Crippen LogP contribution in [0.3, 0.4) is 0 Å². The van der Waals surface area contributed by atoms with E-state index < -0.39 is 6.16 Å². The van der Waals surface area contributed by atoms with Gasteiger partial charge in [-0.25, -0.2) is 4.79 Å². The molecule has 7 nitrogen and oxygen atoms in total. The third kappa shape index (κ3) is 2.74. The second kappa shape index (κ2) is 6.11. The van der Waals surface area contributed by atoms with Crippen LogP contribution in [0.5, 0.6) is 11.5 Å². The minimum atomic E-state index is -0.815. The number of nitrogens with one attached hydrogen (secondary N) is 2. The molecule has 0 radical (unpaired) electrons. The van der Waals surface area contributed by atoms with Crippen LogP contribution in [-0.2, 0) is 4.74 Å². The van der Waals surface area contributed by atoms with Crippen LogP contribution >= 0.6 is 22.6 Å². The van der Waals surface area contributed by atoms with Gasteiger partial charge < -0.3 is 24.2 Å². The molecule has 0 saturated carbocycles. The van der Waals surface area contributed by atoms with Gasteiger partial charge in [0.05, 0.1) is 28.2 Å². The quantitative estimate of drug-likeness (QED) is 0.494. The maximum absolute atomic E-state index is 12.2. The summed E-state index contributed by atoms with van der Waals surface area (Å²) < 4.78 is 16.1. The van der Waals surface area contributed by atoms with Crippen LogP contribution in [0.1, 0.15) is 6.92 Å². The van der Waals surface area contributed by atoms with Gasteiger partial charge in [-0.15, -0.1) is 0 Å². The number of fused-ring (bicyclic) bond motifs is 3. The van der Waals surface area contributed by atoms with Gasteiger partial charge in [-0.3, -0.25) is 4.79 Å². The van der Waals surface area contributed by atoms with E-state index in [2.05, 4.69) is 32.6 Å². The minimum absolute atomic E-state index is 0.206. The highest BCUT2D eigenvalue weighted by Gasteiger charge is 2.17. The number of carbonyl (C=O) groups is 1. The standard InChI is InChI=1S/C15H13IN2O5/c1-3-22-15(20)23-11-6-17-13-12(11)7-4-8(16)10(21-2)5-9(7)18-14(13)19/h4-6,17H,3H2,1-2H3,(H,18,19). The van der Waals surface area contributed by atoms with Crippen molar-refractivity contribution in [1.29, 1.82) is 0 Å². The molecule has 2 aromatic heterocycles. The number of benzene rings is 1. The summed E-state index contributed by atoms with van der Waals surface area (Å²) in [6, 6.07) is 3.60. The summed E-state index contributed by atoms with van der Waals surface area (Å²) in [5.74, 6) is 0.895. The predicted molar refractivity (Wildman–Crippen MR) is 93.3 cm³/mol. The first kappa shape index (κ1) is 15.7. The normalized spacial score (nSPS) is 10.9. The molecule has 3 rings (SSSR count). The van der Waals surface area contributed by atoms with Crippen molar-refractivity contribution in [3.05, 3.63) is 32.3 Å². The van der Waals surface area contributed by atoms with Gasteiger partial charge in [0.25, 0.3) is 5.56 Å². The Kier molecular flexibility index (Phi) is 4.16. The molecule has 0 unspecified atom stereocenters. The monoisotopic (exact) mass is 428 g/mol. The Labute approximate surface area is 144 Å². The lowest BCUT2D eigenvalue weighted by Crippen LogP contribution is -2.10. The fourth-order valence-corrected chi connectivity index (χ4v) is 3.06. The van der Waals surface area contributed by atoms with Gasteiger partial charge in [0.15, 0.2) is 5.75 Å². The molecule has 0 fully saturated rings. The predicted octanol–water partition coefficient (Wildman–Crippen LogP) is 3.16. The highest BCUT2D eigenvalue weighted by Crippen LogP contribution is 2.34. The van der Waals surface area contributed by atoms with Crippen molar-refractivity contribution >= 4 is 50.6 Å². The Hall–Kier alpha value is -2.23. The van der Waals surface area contributed by atoms with Crippen molar-refractivity contribution < 1.29 is 19.0 Å². The van der Waals surface area contributed by atoms with Gasteiger partial charge in [-0.05, 0) is 35.6 Å². The van der Waals surface area contributed by atoms with Crippen molar-refractivity contribution in [2.75, 3.05) is 13.7 Å². The third-order valence-corrected chi connectivity index (χ3v) is 4.18. The van der Waals surface area contributed by atoms with Crippen molar-refractivity contribution in [1.82, 2.24) is 9.97 Å². The average Bonchev–Trinajstić information content (AvgIpc) is 2.92. The first-order valence-corrected chi connectivity index (χ1v) is 7.88. The number of hydrogen-bond donors (Lipinski definition) is 2. The molecule has 0 aliphatic heterocycles. The highest BCUT2D eigenvalue weighted by molar-refractivity contribution is 14.1. The summed E-state index contributed by atoms with van der Waals surface area (Å²) in [5.41, 5.74) is 0.611. The van der Waals surface area contributed by atoms with E-state index in [-0.39, 0.29) is 17.9 Å². The lowest BCUT2D eigenvalue weighted by molar-refractivity contribution is 0.105. The molecular weight excluding hydrogens is 415 g/mol. The van der Waals surface area contributed by atoms with Crippen LogP contribution in [-0.4, -0.2) is 29.8 Å². The largest absolute Gasteiger partial charge is 0.513 e. The topological polar surface area (TPSA) is 93.4 Å². The Morgan fingerprint density at radius 1 is 1.30 bits per heavy atom. The maximum atomic E-state index is 12.2. The number of pyridine rings is 1. The number of halogens is 1. The van der Waals surface area contributed by atoms with Gasteiger partial charge in [-0.2, -0.15) is 0 Å². The molecule has 0 bridgehead atoms. The van der Waals surface area contributed by atoms with E-state index in [1.54, 1.807) is 20.1 Å². The zero-order valence-corrected chi connectivity index (χ0v) is 14.5. The number of carbonyl (C=O) groups excluding carboxylic acids is 1. The number of rotatable bonds is 3. The molecule has 0 atom stereocenters. The molecule has 3 aromatic rings. The molecule has 0 spiro atoms. The van der Waals surface area contributed by atoms with Crippen molar-refractivity contribution in [2.45, 2.75) is 6.92 Å². The molecule has 23 heavy (non-hydrogen) atoms.